The van der Waals surface area contributed by atoms with E-state index in [2.05, 4.69) is 40.7 Å². The molecule has 1 atom stereocenters. The van der Waals surface area contributed by atoms with Crippen LogP contribution >= 0.6 is 24.0 Å². The number of aryl methyl sites for hydroxylation is 1. The lowest BCUT2D eigenvalue weighted by Gasteiger charge is -2.21. The fourth-order valence-corrected chi connectivity index (χ4v) is 3.81. The van der Waals surface area contributed by atoms with E-state index in [1.165, 1.54) is 5.56 Å². The standard InChI is InChI=1S/C24H39N3O4.HI/c1-19-4-5-22(23(14-19)31-18-21-8-13-30-17-21)15-27-24(25-2)26-9-3-10-29-16-20-6-11-28-12-7-20;/h4-5,14,20-21H,3,6-13,15-18H2,1-2H3,(H2,25,26,27);1H. The monoisotopic (exact) mass is 561 g/mol. The molecule has 8 heteroatoms. The largest absolute Gasteiger partial charge is 0.493 e. The van der Waals surface area contributed by atoms with Crippen LogP contribution in [0, 0.1) is 18.8 Å². The molecule has 7 nitrogen and oxygen atoms in total. The van der Waals surface area contributed by atoms with Gasteiger partial charge in [0.05, 0.1) is 13.2 Å². The molecular weight excluding hydrogens is 521 g/mol. The van der Waals surface area contributed by atoms with Crippen molar-refractivity contribution in [3.05, 3.63) is 29.3 Å². The average Bonchev–Trinajstić information content (AvgIpc) is 3.32. The number of hydrogen-bond acceptors (Lipinski definition) is 5. The van der Waals surface area contributed by atoms with Gasteiger partial charge in [-0.25, -0.2) is 0 Å². The van der Waals surface area contributed by atoms with Crippen molar-refractivity contribution in [1.82, 2.24) is 10.6 Å². The van der Waals surface area contributed by atoms with Crippen LogP contribution in [-0.2, 0) is 20.8 Å². The smallest absolute Gasteiger partial charge is 0.191 e. The number of nitrogens with zero attached hydrogens (tertiary/aromatic N) is 1. The lowest BCUT2D eigenvalue weighted by Crippen LogP contribution is -2.37. The quantitative estimate of drug-likeness (QED) is 0.187. The summed E-state index contributed by atoms with van der Waals surface area (Å²) in [5, 5.41) is 6.76. The Labute approximate surface area is 210 Å². The second-order valence-corrected chi connectivity index (χ2v) is 8.49. The first-order valence-electron chi connectivity index (χ1n) is 11.6. The molecule has 0 saturated carbocycles. The van der Waals surface area contributed by atoms with Crippen LogP contribution in [0.1, 0.15) is 36.8 Å². The predicted octanol–water partition coefficient (Wildman–Crippen LogP) is 3.53. The van der Waals surface area contributed by atoms with E-state index in [9.17, 15) is 0 Å². The Bertz CT molecular complexity index is 677. The summed E-state index contributed by atoms with van der Waals surface area (Å²) in [6, 6.07) is 6.35. The molecule has 1 aromatic carbocycles. The molecule has 2 aliphatic heterocycles. The van der Waals surface area contributed by atoms with Crippen LogP contribution < -0.4 is 15.4 Å². The third kappa shape index (κ3) is 9.80. The van der Waals surface area contributed by atoms with Crippen molar-refractivity contribution in [3.8, 4) is 5.75 Å². The third-order valence-corrected chi connectivity index (χ3v) is 5.84. The average molecular weight is 562 g/mol. The maximum atomic E-state index is 6.14. The number of aliphatic imine (C=N–C) groups is 1. The molecule has 2 N–H and O–H groups in total. The lowest BCUT2D eigenvalue weighted by molar-refractivity contribution is 0.0203. The third-order valence-electron chi connectivity index (χ3n) is 5.84. The Balaban J connectivity index is 0.00000363. The zero-order valence-electron chi connectivity index (χ0n) is 19.6. The molecule has 0 aliphatic carbocycles. The van der Waals surface area contributed by atoms with Crippen molar-refractivity contribution in [2.24, 2.45) is 16.8 Å². The molecule has 0 radical (unpaired) electrons. The number of nitrogens with one attached hydrogen (secondary N) is 2. The van der Waals surface area contributed by atoms with Crippen molar-refractivity contribution in [3.63, 3.8) is 0 Å². The number of guanidine groups is 1. The van der Waals surface area contributed by atoms with Crippen LogP contribution in [0.25, 0.3) is 0 Å². The SMILES string of the molecule is CN=C(NCCCOCC1CCOCC1)NCc1ccc(C)cc1OCC1CCOC1.I. The van der Waals surface area contributed by atoms with Crippen molar-refractivity contribution >= 4 is 29.9 Å². The van der Waals surface area contributed by atoms with E-state index in [1.807, 2.05) is 0 Å². The Morgan fingerprint density at radius 2 is 1.84 bits per heavy atom. The highest BCUT2D eigenvalue weighted by molar-refractivity contribution is 14.0. The first-order chi connectivity index (χ1) is 15.2. The summed E-state index contributed by atoms with van der Waals surface area (Å²) in [7, 11) is 1.80. The summed E-state index contributed by atoms with van der Waals surface area (Å²) in [5.74, 6) is 2.88. The molecule has 1 unspecified atom stereocenters. The van der Waals surface area contributed by atoms with Gasteiger partial charge in [0.1, 0.15) is 5.75 Å². The predicted molar refractivity (Wildman–Crippen MR) is 138 cm³/mol. The van der Waals surface area contributed by atoms with Gasteiger partial charge in [0, 0.05) is 64.7 Å². The van der Waals surface area contributed by atoms with Crippen molar-refractivity contribution < 1.29 is 18.9 Å². The number of hydrogen-bond donors (Lipinski definition) is 2. The number of ether oxygens (including phenoxy) is 4. The van der Waals surface area contributed by atoms with E-state index >= 15 is 0 Å². The van der Waals surface area contributed by atoms with E-state index in [-0.39, 0.29) is 24.0 Å². The molecule has 0 spiro atoms. The molecule has 1 aromatic rings. The molecule has 2 heterocycles. The molecule has 2 saturated heterocycles. The summed E-state index contributed by atoms with van der Waals surface area (Å²) in [6.45, 7) is 9.30. The lowest BCUT2D eigenvalue weighted by atomic mass is 10.0. The van der Waals surface area contributed by atoms with Crippen LogP contribution in [-0.4, -0.2) is 65.8 Å². The minimum Gasteiger partial charge on any atom is -0.493 e. The topological polar surface area (TPSA) is 73.3 Å². The van der Waals surface area contributed by atoms with Gasteiger partial charge in [-0.1, -0.05) is 12.1 Å². The first-order valence-corrected chi connectivity index (χ1v) is 11.6. The van der Waals surface area contributed by atoms with Gasteiger partial charge in [-0.05, 0) is 50.2 Å². The van der Waals surface area contributed by atoms with Gasteiger partial charge in [-0.3, -0.25) is 4.99 Å². The summed E-state index contributed by atoms with van der Waals surface area (Å²) in [5.41, 5.74) is 2.33. The van der Waals surface area contributed by atoms with E-state index in [0.29, 0.717) is 25.0 Å². The van der Waals surface area contributed by atoms with E-state index < -0.39 is 0 Å². The molecule has 182 valence electrons. The van der Waals surface area contributed by atoms with Crippen molar-refractivity contribution in [2.45, 2.75) is 39.2 Å². The molecule has 0 bridgehead atoms. The Morgan fingerprint density at radius 3 is 2.59 bits per heavy atom. The van der Waals surface area contributed by atoms with Crippen molar-refractivity contribution in [2.75, 3.05) is 59.8 Å². The van der Waals surface area contributed by atoms with Gasteiger partial charge >= 0.3 is 0 Å². The zero-order valence-corrected chi connectivity index (χ0v) is 21.9. The van der Waals surface area contributed by atoms with Gasteiger partial charge in [0.25, 0.3) is 0 Å². The minimum atomic E-state index is 0. The van der Waals surface area contributed by atoms with Gasteiger partial charge in [0.15, 0.2) is 5.96 Å². The molecule has 32 heavy (non-hydrogen) atoms. The first kappa shape index (κ1) is 27.1. The molecule has 2 fully saturated rings. The molecule has 2 aliphatic rings. The normalized spacial score (nSPS) is 19.4. The number of halogens is 1. The number of rotatable bonds is 11. The summed E-state index contributed by atoms with van der Waals surface area (Å²) in [4.78, 5) is 4.33. The highest BCUT2D eigenvalue weighted by Gasteiger charge is 2.17. The van der Waals surface area contributed by atoms with Crippen LogP contribution in [0.4, 0.5) is 0 Å². The number of benzene rings is 1. The molecule has 0 amide bonds. The fourth-order valence-electron chi connectivity index (χ4n) is 3.81. The Kier molecular flexibility index (Phi) is 13.3. The van der Waals surface area contributed by atoms with Gasteiger partial charge in [0.2, 0.25) is 0 Å². The minimum absolute atomic E-state index is 0. The van der Waals surface area contributed by atoms with Gasteiger partial charge < -0.3 is 29.6 Å². The Hall–Kier alpha value is -1.10. The molecule has 3 rings (SSSR count). The highest BCUT2D eigenvalue weighted by Crippen LogP contribution is 2.22. The van der Waals surface area contributed by atoms with Crippen LogP contribution in [0.2, 0.25) is 0 Å². The van der Waals surface area contributed by atoms with Crippen LogP contribution in [0.15, 0.2) is 23.2 Å². The maximum absolute atomic E-state index is 6.14. The summed E-state index contributed by atoms with van der Waals surface area (Å²) >= 11 is 0. The van der Waals surface area contributed by atoms with E-state index in [4.69, 9.17) is 18.9 Å². The van der Waals surface area contributed by atoms with Gasteiger partial charge in [-0.15, -0.1) is 24.0 Å². The van der Waals surface area contributed by atoms with E-state index in [0.717, 1.165) is 89.1 Å². The summed E-state index contributed by atoms with van der Waals surface area (Å²) < 4.78 is 22.8. The van der Waals surface area contributed by atoms with Crippen molar-refractivity contribution in [1.29, 1.82) is 0 Å². The van der Waals surface area contributed by atoms with E-state index in [1.54, 1.807) is 7.05 Å². The Morgan fingerprint density at radius 1 is 1.06 bits per heavy atom. The molecular formula is C24H40IN3O4. The highest BCUT2D eigenvalue weighted by atomic mass is 127. The van der Waals surface area contributed by atoms with Crippen LogP contribution in [0.3, 0.4) is 0 Å². The maximum Gasteiger partial charge on any atom is 0.191 e. The zero-order chi connectivity index (χ0) is 21.7. The van der Waals surface area contributed by atoms with Crippen LogP contribution in [0.5, 0.6) is 5.75 Å². The second-order valence-electron chi connectivity index (χ2n) is 8.49. The summed E-state index contributed by atoms with van der Waals surface area (Å²) in [6.07, 6.45) is 4.27. The second kappa shape index (κ2) is 15.7. The molecule has 0 aromatic heterocycles. The fraction of sp³-hybridized carbons (Fsp3) is 0.708. The van der Waals surface area contributed by atoms with Gasteiger partial charge in [-0.2, -0.15) is 0 Å².